The number of hydrogen-bond donors (Lipinski definition) is 2. The zero-order valence-electron chi connectivity index (χ0n) is 12.8. The standard InChI is InChI=1S/C15H21NO5S/c1-10(21-2)9-22(19,20)16-14-8-12-6-4-3-5-11(12)7-13(14)15(17)18/h7-8,10,16H,3-6,9H2,1-2H3,(H,17,18). The largest absolute Gasteiger partial charge is 0.478 e. The molecular weight excluding hydrogens is 306 g/mol. The van der Waals surface area contributed by atoms with Gasteiger partial charge in [0.05, 0.1) is 23.1 Å². The van der Waals surface area contributed by atoms with E-state index in [0.717, 1.165) is 36.8 Å². The molecule has 1 atom stereocenters. The summed E-state index contributed by atoms with van der Waals surface area (Å²) in [4.78, 5) is 11.4. The highest BCUT2D eigenvalue weighted by Crippen LogP contribution is 2.28. The van der Waals surface area contributed by atoms with Crippen molar-refractivity contribution in [2.45, 2.75) is 38.7 Å². The van der Waals surface area contributed by atoms with E-state index in [1.165, 1.54) is 7.11 Å². The smallest absolute Gasteiger partial charge is 0.337 e. The van der Waals surface area contributed by atoms with Crippen LogP contribution >= 0.6 is 0 Å². The number of nitrogens with one attached hydrogen (secondary N) is 1. The monoisotopic (exact) mass is 327 g/mol. The highest BCUT2D eigenvalue weighted by Gasteiger charge is 2.22. The number of aromatic carboxylic acids is 1. The Morgan fingerprint density at radius 3 is 2.45 bits per heavy atom. The van der Waals surface area contributed by atoms with Crippen LogP contribution in [-0.4, -0.2) is 38.5 Å². The van der Waals surface area contributed by atoms with E-state index in [9.17, 15) is 18.3 Å². The molecule has 22 heavy (non-hydrogen) atoms. The molecule has 0 bridgehead atoms. The van der Waals surface area contributed by atoms with Crippen molar-refractivity contribution in [1.29, 1.82) is 0 Å². The zero-order chi connectivity index (χ0) is 16.3. The summed E-state index contributed by atoms with van der Waals surface area (Å²) in [6.45, 7) is 1.64. The number of fused-ring (bicyclic) bond motifs is 1. The van der Waals surface area contributed by atoms with E-state index in [1.807, 2.05) is 0 Å². The molecule has 0 saturated heterocycles. The molecule has 122 valence electrons. The summed E-state index contributed by atoms with van der Waals surface area (Å²) in [5.74, 6) is -1.36. The molecule has 0 fully saturated rings. The van der Waals surface area contributed by atoms with Gasteiger partial charge in [-0.25, -0.2) is 13.2 Å². The van der Waals surface area contributed by atoms with Gasteiger partial charge in [0.2, 0.25) is 10.0 Å². The first-order chi connectivity index (χ1) is 10.3. The predicted molar refractivity (Wildman–Crippen MR) is 83.9 cm³/mol. The Morgan fingerprint density at radius 1 is 1.32 bits per heavy atom. The number of methoxy groups -OCH3 is 1. The van der Waals surface area contributed by atoms with Gasteiger partial charge in [0.1, 0.15) is 0 Å². The van der Waals surface area contributed by atoms with Crippen LogP contribution in [0.2, 0.25) is 0 Å². The summed E-state index contributed by atoms with van der Waals surface area (Å²) in [5.41, 5.74) is 2.15. The summed E-state index contributed by atoms with van der Waals surface area (Å²) < 4.78 is 31.6. The average molecular weight is 327 g/mol. The fourth-order valence-corrected chi connectivity index (χ4v) is 3.97. The summed E-state index contributed by atoms with van der Waals surface area (Å²) in [7, 11) is -2.23. The van der Waals surface area contributed by atoms with E-state index in [0.29, 0.717) is 0 Å². The third-order valence-electron chi connectivity index (χ3n) is 3.83. The van der Waals surface area contributed by atoms with E-state index in [4.69, 9.17) is 4.74 Å². The fourth-order valence-electron chi connectivity index (χ4n) is 2.63. The fraction of sp³-hybridized carbons (Fsp3) is 0.533. The third kappa shape index (κ3) is 3.98. The Balaban J connectivity index is 2.35. The zero-order valence-corrected chi connectivity index (χ0v) is 13.6. The van der Waals surface area contributed by atoms with E-state index in [2.05, 4.69) is 4.72 Å². The minimum atomic E-state index is -3.67. The highest BCUT2D eigenvalue weighted by atomic mass is 32.2. The van der Waals surface area contributed by atoms with E-state index in [-0.39, 0.29) is 17.0 Å². The average Bonchev–Trinajstić information content (AvgIpc) is 2.45. The van der Waals surface area contributed by atoms with Crippen LogP contribution in [0.15, 0.2) is 12.1 Å². The Morgan fingerprint density at radius 2 is 1.91 bits per heavy atom. The number of sulfonamides is 1. The van der Waals surface area contributed by atoms with Crippen LogP contribution in [0.1, 0.15) is 41.3 Å². The second-order valence-electron chi connectivity index (χ2n) is 5.61. The maximum absolute atomic E-state index is 12.1. The molecule has 0 saturated carbocycles. The van der Waals surface area contributed by atoms with Crippen LogP contribution < -0.4 is 4.72 Å². The van der Waals surface area contributed by atoms with Gasteiger partial charge in [-0.15, -0.1) is 0 Å². The number of hydrogen-bond acceptors (Lipinski definition) is 4. The van der Waals surface area contributed by atoms with Gasteiger partial charge < -0.3 is 9.84 Å². The normalized spacial score (nSPS) is 15.9. The first kappa shape index (κ1) is 16.8. The molecule has 2 rings (SSSR count). The first-order valence-corrected chi connectivity index (χ1v) is 8.90. The Kier molecular flexibility index (Phi) is 5.08. The van der Waals surface area contributed by atoms with Crippen molar-refractivity contribution >= 4 is 21.7 Å². The lowest BCUT2D eigenvalue weighted by Crippen LogP contribution is -2.26. The maximum Gasteiger partial charge on any atom is 0.337 e. The second kappa shape index (κ2) is 6.66. The Bertz CT molecular complexity index is 669. The number of rotatable bonds is 6. The summed E-state index contributed by atoms with van der Waals surface area (Å²) in [6, 6.07) is 3.25. The molecular formula is C15H21NO5S. The molecule has 0 radical (unpaired) electrons. The second-order valence-corrected chi connectivity index (χ2v) is 7.38. The molecule has 0 aromatic heterocycles. The van der Waals surface area contributed by atoms with Crippen molar-refractivity contribution in [3.8, 4) is 0 Å². The number of carbonyl (C=O) groups is 1. The minimum Gasteiger partial charge on any atom is -0.478 e. The molecule has 7 heteroatoms. The van der Waals surface area contributed by atoms with Crippen LogP contribution in [0, 0.1) is 0 Å². The van der Waals surface area contributed by atoms with Gasteiger partial charge in [0, 0.05) is 7.11 Å². The summed E-state index contributed by atoms with van der Waals surface area (Å²) >= 11 is 0. The summed E-state index contributed by atoms with van der Waals surface area (Å²) in [5, 5.41) is 9.33. The quantitative estimate of drug-likeness (QED) is 0.834. The van der Waals surface area contributed by atoms with Crippen LogP contribution in [0.4, 0.5) is 5.69 Å². The molecule has 1 aromatic carbocycles. The van der Waals surface area contributed by atoms with Crippen molar-refractivity contribution in [2.24, 2.45) is 0 Å². The molecule has 0 aliphatic heterocycles. The van der Waals surface area contributed by atoms with Gasteiger partial charge >= 0.3 is 5.97 Å². The van der Waals surface area contributed by atoms with Gasteiger partial charge in [0.25, 0.3) is 0 Å². The highest BCUT2D eigenvalue weighted by molar-refractivity contribution is 7.92. The molecule has 2 N–H and O–H groups in total. The molecule has 0 spiro atoms. The molecule has 1 aromatic rings. The lowest BCUT2D eigenvalue weighted by Gasteiger charge is -2.20. The molecule has 0 amide bonds. The van der Waals surface area contributed by atoms with Gasteiger partial charge in [-0.2, -0.15) is 0 Å². The van der Waals surface area contributed by atoms with Crippen LogP contribution in [-0.2, 0) is 27.6 Å². The van der Waals surface area contributed by atoms with Crippen LogP contribution in [0.3, 0.4) is 0 Å². The molecule has 1 unspecified atom stereocenters. The Labute approximate surface area is 130 Å². The van der Waals surface area contributed by atoms with Gasteiger partial charge in [-0.1, -0.05) is 0 Å². The van der Waals surface area contributed by atoms with E-state index < -0.39 is 22.1 Å². The lowest BCUT2D eigenvalue weighted by molar-refractivity contribution is 0.0698. The van der Waals surface area contributed by atoms with E-state index >= 15 is 0 Å². The molecule has 1 aliphatic carbocycles. The number of carboxylic acid groups (broad SMARTS) is 1. The van der Waals surface area contributed by atoms with Crippen LogP contribution in [0.25, 0.3) is 0 Å². The van der Waals surface area contributed by atoms with Gasteiger partial charge in [0.15, 0.2) is 0 Å². The van der Waals surface area contributed by atoms with Crippen molar-refractivity contribution in [1.82, 2.24) is 0 Å². The van der Waals surface area contributed by atoms with Crippen molar-refractivity contribution < 1.29 is 23.1 Å². The van der Waals surface area contributed by atoms with Crippen LogP contribution in [0.5, 0.6) is 0 Å². The predicted octanol–water partition coefficient (Wildman–Crippen LogP) is 2.04. The number of anilines is 1. The topological polar surface area (TPSA) is 92.7 Å². The maximum atomic E-state index is 12.1. The number of benzene rings is 1. The minimum absolute atomic E-state index is 0.00528. The number of carboxylic acids is 1. The Hall–Kier alpha value is -1.60. The summed E-state index contributed by atoms with van der Waals surface area (Å²) in [6.07, 6.45) is 3.28. The number of ether oxygens (including phenoxy) is 1. The van der Waals surface area contributed by atoms with Crippen molar-refractivity contribution in [3.63, 3.8) is 0 Å². The van der Waals surface area contributed by atoms with Gasteiger partial charge in [-0.05, 0) is 55.9 Å². The SMILES string of the molecule is COC(C)CS(=O)(=O)Nc1cc2c(cc1C(=O)O)CCCC2. The molecule has 6 nitrogen and oxygen atoms in total. The molecule has 1 aliphatic rings. The first-order valence-electron chi connectivity index (χ1n) is 7.25. The van der Waals surface area contributed by atoms with Gasteiger partial charge in [-0.3, -0.25) is 4.72 Å². The third-order valence-corrected chi connectivity index (χ3v) is 5.27. The lowest BCUT2D eigenvalue weighted by atomic mass is 9.89. The van der Waals surface area contributed by atoms with Crippen molar-refractivity contribution in [2.75, 3.05) is 17.6 Å². The van der Waals surface area contributed by atoms with E-state index in [1.54, 1.807) is 19.1 Å². The number of aryl methyl sites for hydroxylation is 2. The molecule has 0 heterocycles. The van der Waals surface area contributed by atoms with Crippen molar-refractivity contribution in [3.05, 3.63) is 28.8 Å².